The molecule has 0 unspecified atom stereocenters. The second-order valence-corrected chi connectivity index (χ2v) is 6.36. The molecule has 3 rings (SSSR count). The highest BCUT2D eigenvalue weighted by Crippen LogP contribution is 2.49. The van der Waals surface area contributed by atoms with Crippen LogP contribution in [-0.2, 0) is 11.2 Å². The topological polar surface area (TPSA) is 57.9 Å². The van der Waals surface area contributed by atoms with Crippen LogP contribution in [0.15, 0.2) is 34.6 Å². The predicted octanol–water partition coefficient (Wildman–Crippen LogP) is 3.37. The highest BCUT2D eigenvalue weighted by atomic mass is 19.4. The molecule has 0 spiro atoms. The minimum Gasteiger partial charge on any atom is -0.343 e. The van der Waals surface area contributed by atoms with Crippen molar-refractivity contribution in [3.8, 4) is 0 Å². The lowest BCUT2D eigenvalue weighted by atomic mass is 9.88. The van der Waals surface area contributed by atoms with E-state index in [2.05, 4.69) is 15.2 Å². The molecule has 0 radical (unpaired) electrons. The van der Waals surface area contributed by atoms with Crippen LogP contribution >= 0.6 is 0 Å². The average molecular weight is 340 g/mol. The van der Waals surface area contributed by atoms with Crippen molar-refractivity contribution in [1.82, 2.24) is 9.88 Å². The number of aromatic nitrogens is 1. The number of rotatable bonds is 5. The fourth-order valence-electron chi connectivity index (χ4n) is 3.10. The predicted molar refractivity (Wildman–Crippen MR) is 80.1 cm³/mol. The van der Waals surface area contributed by atoms with Crippen LogP contribution < -0.4 is 0 Å². The molecule has 3 heterocycles. The quantitative estimate of drug-likeness (QED) is 0.825. The molecule has 0 atom stereocenters. The van der Waals surface area contributed by atoms with Gasteiger partial charge in [0.1, 0.15) is 0 Å². The Bertz CT molecular complexity index is 603. The number of pyridine rings is 1. The summed E-state index contributed by atoms with van der Waals surface area (Å²) in [6.45, 7) is 0.999. The number of nitrogens with zero attached hydrogens (tertiary/aromatic N) is 4. The maximum Gasteiger partial charge on any atom is 0.437 e. The fourth-order valence-corrected chi connectivity index (χ4v) is 3.10. The molecule has 5 nitrogen and oxygen atoms in total. The molecule has 2 aliphatic heterocycles. The van der Waals surface area contributed by atoms with Crippen LogP contribution in [0.5, 0.6) is 0 Å². The number of amides is 1. The zero-order chi connectivity index (χ0) is 17.2. The number of carbonyl (C=O) groups excluding carboxylic acids is 1. The number of piperidine rings is 1. The van der Waals surface area contributed by atoms with Gasteiger partial charge in [-0.15, -0.1) is 10.2 Å². The van der Waals surface area contributed by atoms with E-state index in [1.807, 2.05) is 18.2 Å². The van der Waals surface area contributed by atoms with E-state index in [-0.39, 0.29) is 18.2 Å². The lowest BCUT2D eigenvalue weighted by molar-refractivity contribution is -0.168. The first-order valence-electron chi connectivity index (χ1n) is 8.08. The second-order valence-electron chi connectivity index (χ2n) is 6.36. The standard InChI is InChI=1S/C16H19F3N4O/c17-16(18,19)15(21-22-15)11-12-6-9-23(10-7-12)14(24)5-4-13-3-1-2-8-20-13/h1-3,8,12H,4-7,9-11H2. The summed E-state index contributed by atoms with van der Waals surface area (Å²) in [7, 11) is 0. The van der Waals surface area contributed by atoms with E-state index in [1.54, 1.807) is 11.1 Å². The molecule has 8 heteroatoms. The van der Waals surface area contributed by atoms with Crippen LogP contribution in [-0.4, -0.2) is 40.7 Å². The Morgan fingerprint density at radius 1 is 1.25 bits per heavy atom. The molecule has 2 aliphatic rings. The molecular formula is C16H19F3N4O. The van der Waals surface area contributed by atoms with Gasteiger partial charge in [-0.3, -0.25) is 9.78 Å². The molecule has 0 bridgehead atoms. The average Bonchev–Trinajstić information content (AvgIpc) is 3.35. The van der Waals surface area contributed by atoms with Gasteiger partial charge in [-0.2, -0.15) is 13.2 Å². The van der Waals surface area contributed by atoms with E-state index >= 15 is 0 Å². The van der Waals surface area contributed by atoms with Crippen molar-refractivity contribution < 1.29 is 18.0 Å². The highest BCUT2D eigenvalue weighted by molar-refractivity contribution is 5.76. The van der Waals surface area contributed by atoms with E-state index in [4.69, 9.17) is 0 Å². The van der Waals surface area contributed by atoms with E-state index in [1.165, 1.54) is 0 Å². The number of halogens is 3. The summed E-state index contributed by atoms with van der Waals surface area (Å²) in [5, 5.41) is 6.46. The van der Waals surface area contributed by atoms with Crippen molar-refractivity contribution in [1.29, 1.82) is 0 Å². The Hall–Kier alpha value is -1.99. The molecule has 1 fully saturated rings. The normalized spacial score (nSPS) is 20.2. The van der Waals surface area contributed by atoms with Crippen molar-refractivity contribution in [3.63, 3.8) is 0 Å². The molecule has 24 heavy (non-hydrogen) atoms. The summed E-state index contributed by atoms with van der Waals surface area (Å²) in [5.41, 5.74) is -1.30. The van der Waals surface area contributed by atoms with E-state index < -0.39 is 11.8 Å². The van der Waals surface area contributed by atoms with E-state index in [0.29, 0.717) is 38.8 Å². The number of likely N-dealkylation sites (tertiary alicyclic amines) is 1. The summed E-state index contributed by atoms with van der Waals surface area (Å²) in [5.74, 6) is -0.0631. The van der Waals surface area contributed by atoms with Gasteiger partial charge in [-0.25, -0.2) is 0 Å². The Kier molecular flexibility index (Phi) is 4.56. The summed E-state index contributed by atoms with van der Waals surface area (Å²) in [6, 6.07) is 5.57. The maximum absolute atomic E-state index is 12.9. The summed E-state index contributed by atoms with van der Waals surface area (Å²) in [4.78, 5) is 18.1. The lowest BCUT2D eigenvalue weighted by Gasteiger charge is -2.33. The molecule has 0 N–H and O–H groups in total. The molecular weight excluding hydrogens is 321 g/mol. The van der Waals surface area contributed by atoms with Gasteiger partial charge < -0.3 is 4.90 Å². The third-order valence-corrected chi connectivity index (χ3v) is 4.66. The van der Waals surface area contributed by atoms with Crippen molar-refractivity contribution in [2.45, 2.75) is 43.9 Å². The smallest absolute Gasteiger partial charge is 0.343 e. The van der Waals surface area contributed by atoms with Gasteiger partial charge >= 0.3 is 6.18 Å². The van der Waals surface area contributed by atoms with Crippen LogP contribution in [0.4, 0.5) is 13.2 Å². The molecule has 1 saturated heterocycles. The third kappa shape index (κ3) is 3.73. The SMILES string of the molecule is O=C(CCc1ccccn1)N1CCC(CC2(C(F)(F)F)N=N2)CC1. The number of alkyl halides is 3. The van der Waals surface area contributed by atoms with Crippen LogP contribution in [0, 0.1) is 5.92 Å². The first kappa shape index (κ1) is 16.9. The lowest BCUT2D eigenvalue weighted by Crippen LogP contribution is -2.41. The molecule has 1 aromatic rings. The third-order valence-electron chi connectivity index (χ3n) is 4.66. The number of carbonyl (C=O) groups is 1. The molecule has 0 saturated carbocycles. The van der Waals surface area contributed by atoms with Crippen molar-refractivity contribution in [3.05, 3.63) is 30.1 Å². The Balaban J connectivity index is 1.43. The zero-order valence-corrected chi connectivity index (χ0v) is 13.2. The largest absolute Gasteiger partial charge is 0.437 e. The number of hydrogen-bond donors (Lipinski definition) is 0. The van der Waals surface area contributed by atoms with Gasteiger partial charge in [-0.1, -0.05) is 6.07 Å². The minimum atomic E-state index is -4.40. The summed E-state index contributed by atoms with van der Waals surface area (Å²) < 4.78 is 38.6. The van der Waals surface area contributed by atoms with Crippen molar-refractivity contribution in [2.75, 3.05) is 13.1 Å². The summed E-state index contributed by atoms with van der Waals surface area (Å²) in [6.07, 6.45) is -0.714. The highest BCUT2D eigenvalue weighted by Gasteiger charge is 2.64. The molecule has 1 amide bonds. The van der Waals surface area contributed by atoms with Crippen LogP contribution in [0.3, 0.4) is 0 Å². The Labute approximate surface area is 138 Å². The molecule has 130 valence electrons. The van der Waals surface area contributed by atoms with Gasteiger partial charge in [-0.05, 0) is 37.3 Å². The molecule has 1 aromatic heterocycles. The van der Waals surface area contributed by atoms with Crippen molar-refractivity contribution >= 4 is 5.91 Å². The number of aryl methyl sites for hydroxylation is 1. The van der Waals surface area contributed by atoms with Crippen molar-refractivity contribution in [2.24, 2.45) is 16.1 Å². The summed E-state index contributed by atoms with van der Waals surface area (Å²) >= 11 is 0. The minimum absolute atomic E-state index is 0.0328. The van der Waals surface area contributed by atoms with E-state index in [0.717, 1.165) is 5.69 Å². The first-order chi connectivity index (χ1) is 11.4. The van der Waals surface area contributed by atoms with Gasteiger partial charge in [0.25, 0.3) is 5.66 Å². The van der Waals surface area contributed by atoms with Crippen LogP contribution in [0.2, 0.25) is 0 Å². The number of hydrogen-bond acceptors (Lipinski definition) is 4. The van der Waals surface area contributed by atoms with Crippen LogP contribution in [0.25, 0.3) is 0 Å². The fraction of sp³-hybridized carbons (Fsp3) is 0.625. The molecule has 0 aliphatic carbocycles. The monoisotopic (exact) mass is 340 g/mol. The zero-order valence-electron chi connectivity index (χ0n) is 13.2. The maximum atomic E-state index is 12.9. The Morgan fingerprint density at radius 2 is 1.96 bits per heavy atom. The van der Waals surface area contributed by atoms with Crippen LogP contribution in [0.1, 0.15) is 31.4 Å². The second kappa shape index (κ2) is 6.49. The Morgan fingerprint density at radius 3 is 2.50 bits per heavy atom. The van der Waals surface area contributed by atoms with Gasteiger partial charge in [0.2, 0.25) is 5.91 Å². The first-order valence-corrected chi connectivity index (χ1v) is 8.08. The molecule has 0 aromatic carbocycles. The van der Waals surface area contributed by atoms with E-state index in [9.17, 15) is 18.0 Å². The van der Waals surface area contributed by atoms with Gasteiger partial charge in [0.15, 0.2) is 0 Å². The van der Waals surface area contributed by atoms with Gasteiger partial charge in [0, 0.05) is 37.8 Å². The van der Waals surface area contributed by atoms with Gasteiger partial charge in [0.05, 0.1) is 0 Å².